The molecule has 9 heteroatoms. The van der Waals surface area contributed by atoms with Gasteiger partial charge in [-0.3, -0.25) is 14.6 Å². The van der Waals surface area contributed by atoms with E-state index in [1.807, 2.05) is 0 Å². The first-order chi connectivity index (χ1) is 13.0. The molecule has 2 heterocycles. The molecule has 1 atom stereocenters. The minimum Gasteiger partial charge on any atom is -0.353 e. The van der Waals surface area contributed by atoms with Gasteiger partial charge in [0.05, 0.1) is 23.6 Å². The summed E-state index contributed by atoms with van der Waals surface area (Å²) in [7, 11) is -3.88. The van der Waals surface area contributed by atoms with Crippen molar-refractivity contribution in [3.05, 3.63) is 60.4 Å². The van der Waals surface area contributed by atoms with Gasteiger partial charge in [-0.15, -0.1) is 0 Å². The van der Waals surface area contributed by atoms with E-state index in [9.17, 15) is 18.0 Å². The van der Waals surface area contributed by atoms with Crippen LogP contribution in [0, 0.1) is 0 Å². The number of pyridine rings is 1. The minimum atomic E-state index is -3.88. The van der Waals surface area contributed by atoms with Crippen LogP contribution in [0.4, 0.5) is 0 Å². The smallest absolute Gasteiger partial charge is 0.243 e. The fourth-order valence-electron chi connectivity index (χ4n) is 2.84. The molecule has 1 aromatic heterocycles. The van der Waals surface area contributed by atoms with Gasteiger partial charge in [-0.1, -0.05) is 24.3 Å². The summed E-state index contributed by atoms with van der Waals surface area (Å²) in [4.78, 5) is 28.8. The van der Waals surface area contributed by atoms with Gasteiger partial charge in [0.2, 0.25) is 21.8 Å². The van der Waals surface area contributed by atoms with Crippen LogP contribution in [-0.2, 0) is 26.2 Å². The van der Waals surface area contributed by atoms with Crippen molar-refractivity contribution < 1.29 is 18.0 Å². The third kappa shape index (κ3) is 4.50. The van der Waals surface area contributed by atoms with Crippen molar-refractivity contribution in [2.75, 3.05) is 13.1 Å². The zero-order valence-electron chi connectivity index (χ0n) is 14.5. The summed E-state index contributed by atoms with van der Waals surface area (Å²) in [5.41, 5.74) is 0.674. The Bertz CT molecular complexity index is 903. The van der Waals surface area contributed by atoms with Crippen molar-refractivity contribution in [3.63, 3.8) is 0 Å². The highest BCUT2D eigenvalue weighted by Crippen LogP contribution is 2.21. The Kier molecular flexibility index (Phi) is 5.82. The van der Waals surface area contributed by atoms with Crippen LogP contribution in [-0.4, -0.2) is 48.7 Å². The highest BCUT2D eigenvalue weighted by atomic mass is 32.2. The van der Waals surface area contributed by atoms with Crippen LogP contribution < -0.4 is 10.6 Å². The van der Waals surface area contributed by atoms with Gasteiger partial charge < -0.3 is 10.6 Å². The van der Waals surface area contributed by atoms with E-state index < -0.39 is 27.9 Å². The van der Waals surface area contributed by atoms with Crippen LogP contribution in [0.3, 0.4) is 0 Å². The van der Waals surface area contributed by atoms with Crippen molar-refractivity contribution in [1.29, 1.82) is 0 Å². The topological polar surface area (TPSA) is 108 Å². The maximum Gasteiger partial charge on any atom is 0.243 e. The average molecular weight is 388 g/mol. The van der Waals surface area contributed by atoms with Gasteiger partial charge in [0.15, 0.2) is 0 Å². The molecule has 0 unspecified atom stereocenters. The molecule has 1 aromatic carbocycles. The molecule has 0 spiro atoms. The number of hydrogen-bond donors (Lipinski definition) is 2. The SMILES string of the molecule is O=C(C[C@H]1C(=O)NCCN1S(=O)(=O)c1ccccc1)NCc1ccccn1. The molecule has 8 nitrogen and oxygen atoms in total. The fourth-order valence-corrected chi connectivity index (χ4v) is 4.45. The number of hydrogen-bond acceptors (Lipinski definition) is 5. The van der Waals surface area contributed by atoms with Gasteiger partial charge in [0.1, 0.15) is 6.04 Å². The van der Waals surface area contributed by atoms with Crippen LogP contribution >= 0.6 is 0 Å². The predicted molar refractivity (Wildman–Crippen MR) is 97.8 cm³/mol. The van der Waals surface area contributed by atoms with Gasteiger partial charge in [0, 0.05) is 19.3 Å². The van der Waals surface area contributed by atoms with Crippen LogP contribution in [0.1, 0.15) is 12.1 Å². The van der Waals surface area contributed by atoms with E-state index in [2.05, 4.69) is 15.6 Å². The van der Waals surface area contributed by atoms with Gasteiger partial charge in [0.25, 0.3) is 0 Å². The third-order valence-electron chi connectivity index (χ3n) is 4.20. The Balaban J connectivity index is 1.73. The largest absolute Gasteiger partial charge is 0.353 e. The molecule has 1 aliphatic heterocycles. The highest BCUT2D eigenvalue weighted by Gasteiger charge is 2.39. The number of sulfonamides is 1. The average Bonchev–Trinajstić information content (AvgIpc) is 2.69. The van der Waals surface area contributed by atoms with E-state index in [0.717, 1.165) is 4.31 Å². The van der Waals surface area contributed by atoms with Gasteiger partial charge in [-0.05, 0) is 24.3 Å². The quantitative estimate of drug-likeness (QED) is 0.739. The number of carbonyl (C=O) groups is 2. The lowest BCUT2D eigenvalue weighted by molar-refractivity contribution is -0.131. The maximum absolute atomic E-state index is 12.9. The summed E-state index contributed by atoms with van der Waals surface area (Å²) in [6, 6.07) is 12.1. The number of rotatable bonds is 6. The van der Waals surface area contributed by atoms with Crippen molar-refractivity contribution in [3.8, 4) is 0 Å². The third-order valence-corrected chi connectivity index (χ3v) is 6.13. The van der Waals surface area contributed by atoms with Crippen LogP contribution in [0.2, 0.25) is 0 Å². The molecule has 0 saturated carbocycles. The summed E-state index contributed by atoms with van der Waals surface area (Å²) in [6.07, 6.45) is 1.36. The molecule has 2 aromatic rings. The lowest BCUT2D eigenvalue weighted by atomic mass is 10.1. The second kappa shape index (κ2) is 8.28. The Morgan fingerprint density at radius 3 is 2.63 bits per heavy atom. The molecule has 2 N–H and O–H groups in total. The number of piperazine rings is 1. The summed E-state index contributed by atoms with van der Waals surface area (Å²) >= 11 is 0. The van der Waals surface area contributed by atoms with Crippen LogP contribution in [0.15, 0.2) is 59.6 Å². The summed E-state index contributed by atoms with van der Waals surface area (Å²) in [5, 5.41) is 5.30. The molecular weight excluding hydrogens is 368 g/mol. The molecule has 0 radical (unpaired) electrons. The predicted octanol–water partition coefficient (Wildman–Crippen LogP) is 0.277. The van der Waals surface area contributed by atoms with Crippen LogP contribution in [0.5, 0.6) is 0 Å². The molecule has 27 heavy (non-hydrogen) atoms. The first-order valence-electron chi connectivity index (χ1n) is 8.50. The number of nitrogens with one attached hydrogen (secondary N) is 2. The Morgan fingerprint density at radius 2 is 1.93 bits per heavy atom. The molecule has 2 amide bonds. The Hall–Kier alpha value is -2.78. The van der Waals surface area contributed by atoms with E-state index in [0.29, 0.717) is 5.69 Å². The Morgan fingerprint density at radius 1 is 1.19 bits per heavy atom. The molecule has 1 saturated heterocycles. The van der Waals surface area contributed by atoms with E-state index >= 15 is 0 Å². The normalized spacial score (nSPS) is 17.9. The lowest BCUT2D eigenvalue weighted by Crippen LogP contribution is -2.58. The number of carbonyl (C=O) groups excluding carboxylic acids is 2. The number of nitrogens with zero attached hydrogens (tertiary/aromatic N) is 2. The molecule has 1 aliphatic rings. The minimum absolute atomic E-state index is 0.0959. The first-order valence-corrected chi connectivity index (χ1v) is 9.94. The van der Waals surface area contributed by atoms with Crippen molar-refractivity contribution >= 4 is 21.8 Å². The molecular formula is C18H20N4O4S. The second-order valence-corrected chi connectivity index (χ2v) is 7.93. The highest BCUT2D eigenvalue weighted by molar-refractivity contribution is 7.89. The summed E-state index contributed by atoms with van der Waals surface area (Å²) in [5.74, 6) is -0.898. The molecule has 0 aliphatic carbocycles. The van der Waals surface area contributed by atoms with Crippen molar-refractivity contribution in [1.82, 2.24) is 19.9 Å². The molecule has 3 rings (SSSR count). The van der Waals surface area contributed by atoms with E-state index in [1.54, 1.807) is 42.6 Å². The zero-order chi connectivity index (χ0) is 19.3. The zero-order valence-corrected chi connectivity index (χ0v) is 15.4. The van der Waals surface area contributed by atoms with E-state index in [4.69, 9.17) is 0 Å². The van der Waals surface area contributed by atoms with Gasteiger partial charge in [-0.25, -0.2) is 8.42 Å². The summed E-state index contributed by atoms with van der Waals surface area (Å²) < 4.78 is 26.9. The fraction of sp³-hybridized carbons (Fsp3) is 0.278. The van der Waals surface area contributed by atoms with Crippen molar-refractivity contribution in [2.24, 2.45) is 0 Å². The molecule has 0 bridgehead atoms. The number of aromatic nitrogens is 1. The van der Waals surface area contributed by atoms with Gasteiger partial charge in [-0.2, -0.15) is 4.31 Å². The van der Waals surface area contributed by atoms with Crippen molar-refractivity contribution in [2.45, 2.75) is 23.9 Å². The maximum atomic E-state index is 12.9. The standard InChI is InChI=1S/C18H20N4O4S/c23-17(21-13-14-6-4-5-9-19-14)12-16-18(24)20-10-11-22(16)27(25,26)15-7-2-1-3-8-15/h1-9,16H,10-13H2,(H,20,24)(H,21,23)/t16-/m0/s1. The summed E-state index contributed by atoms with van der Waals surface area (Å²) in [6.45, 7) is 0.525. The monoisotopic (exact) mass is 388 g/mol. The van der Waals surface area contributed by atoms with Crippen LogP contribution in [0.25, 0.3) is 0 Å². The number of amides is 2. The lowest BCUT2D eigenvalue weighted by Gasteiger charge is -2.33. The van der Waals surface area contributed by atoms with Gasteiger partial charge >= 0.3 is 0 Å². The molecule has 142 valence electrons. The second-order valence-electron chi connectivity index (χ2n) is 6.04. The molecule has 1 fully saturated rings. The Labute approximate surface area is 157 Å². The van der Waals surface area contributed by atoms with E-state index in [-0.39, 0.29) is 31.0 Å². The first kappa shape index (κ1) is 19.0. The van der Waals surface area contributed by atoms with E-state index in [1.165, 1.54) is 12.1 Å². The number of benzene rings is 1.